The minimum Gasteiger partial charge on any atom is -0.497 e. The number of amides is 2. The number of nitrogens with zero attached hydrogens (tertiary/aromatic N) is 2. The molecule has 1 aliphatic rings. The minimum atomic E-state index is -0.873. The summed E-state index contributed by atoms with van der Waals surface area (Å²) in [5.74, 6) is -0.555. The smallest absolute Gasteiger partial charge is 0.304 e. The van der Waals surface area contributed by atoms with E-state index < -0.39 is 23.8 Å². The van der Waals surface area contributed by atoms with Crippen molar-refractivity contribution in [3.05, 3.63) is 95.3 Å². The van der Waals surface area contributed by atoms with Crippen molar-refractivity contribution in [1.29, 1.82) is 0 Å². The van der Waals surface area contributed by atoms with Crippen LogP contribution in [0.1, 0.15) is 41.4 Å². The van der Waals surface area contributed by atoms with Crippen molar-refractivity contribution in [3.63, 3.8) is 0 Å². The predicted octanol–water partition coefficient (Wildman–Crippen LogP) is 3.70. The Morgan fingerprint density at radius 3 is 2.25 bits per heavy atom. The third-order valence-corrected chi connectivity index (χ3v) is 6.30. The summed E-state index contributed by atoms with van der Waals surface area (Å²) >= 11 is 0. The van der Waals surface area contributed by atoms with Gasteiger partial charge in [-0.05, 0) is 86.6 Å². The lowest BCUT2D eigenvalue weighted by atomic mass is 9.99. The highest BCUT2D eigenvalue weighted by Gasteiger charge is 2.47. The summed E-state index contributed by atoms with van der Waals surface area (Å²) in [5.41, 5.74) is 5.98. The van der Waals surface area contributed by atoms with Crippen LogP contribution < -0.4 is 20.4 Å². The lowest BCUT2D eigenvalue weighted by Gasteiger charge is -2.20. The van der Waals surface area contributed by atoms with Gasteiger partial charge in [-0.1, -0.05) is 0 Å². The second kappa shape index (κ2) is 11.0. The van der Waals surface area contributed by atoms with Gasteiger partial charge in [0.05, 0.1) is 7.11 Å². The number of halogens is 1. The number of methoxy groups -OCH3 is 1. The first-order chi connectivity index (χ1) is 17.4. The van der Waals surface area contributed by atoms with Crippen molar-refractivity contribution in [2.75, 3.05) is 25.1 Å². The Kier molecular flexibility index (Phi) is 7.63. The maximum Gasteiger partial charge on any atom is 0.304 e. The van der Waals surface area contributed by atoms with E-state index in [4.69, 9.17) is 4.74 Å². The van der Waals surface area contributed by atoms with Crippen LogP contribution in [0, 0.1) is 5.82 Å². The van der Waals surface area contributed by atoms with Crippen molar-refractivity contribution in [3.8, 4) is 5.75 Å². The van der Waals surface area contributed by atoms with Crippen molar-refractivity contribution < 1.29 is 23.4 Å². The molecule has 0 spiro atoms. The highest BCUT2D eigenvalue weighted by atomic mass is 19.1. The zero-order valence-corrected chi connectivity index (χ0v) is 20.6. The molecule has 0 bridgehead atoms. The van der Waals surface area contributed by atoms with Gasteiger partial charge in [0.1, 0.15) is 11.6 Å². The number of rotatable bonds is 8. The van der Waals surface area contributed by atoms with E-state index in [1.807, 2.05) is 54.7 Å². The van der Waals surface area contributed by atoms with E-state index in [1.165, 1.54) is 24.3 Å². The standard InChI is InChI=1S/C28H29FN4O3/c1-4-32(5-2)23-14-6-19(7-15-23)18-33-26(20-10-16-24(36-3)17-11-20)25(28(35)31-33)30-27(34)21-8-12-22(29)13-9-21/h6-18,25-26H,4-5H2,1-3H3,(H-,30,31,34,35)/p+1/t25-,26-/m1/s1. The van der Waals surface area contributed by atoms with Crippen molar-refractivity contribution in [2.45, 2.75) is 25.9 Å². The van der Waals surface area contributed by atoms with E-state index in [2.05, 4.69) is 29.5 Å². The Bertz CT molecular complexity index is 1240. The summed E-state index contributed by atoms with van der Waals surface area (Å²) < 4.78 is 20.3. The Balaban J connectivity index is 1.67. The van der Waals surface area contributed by atoms with Gasteiger partial charge in [0.25, 0.3) is 5.91 Å². The maximum atomic E-state index is 13.3. The fourth-order valence-corrected chi connectivity index (χ4v) is 4.33. The Morgan fingerprint density at radius 1 is 1.03 bits per heavy atom. The third-order valence-electron chi connectivity index (χ3n) is 6.30. The number of carbonyl (C=O) groups is 2. The monoisotopic (exact) mass is 489 g/mol. The van der Waals surface area contributed by atoms with Crippen LogP contribution in [0.2, 0.25) is 0 Å². The number of benzene rings is 3. The molecule has 0 aliphatic carbocycles. The SMILES string of the molecule is CCN(CC)c1ccc(/C=[N+]2\NC(=O)[C@H](NC(=O)c3ccc(F)cc3)[C@H]2c2ccc(OC)cc2)cc1. The molecular formula is C28H30FN4O3+. The summed E-state index contributed by atoms with van der Waals surface area (Å²) in [7, 11) is 1.59. The van der Waals surface area contributed by atoms with E-state index in [-0.39, 0.29) is 11.5 Å². The topological polar surface area (TPSA) is 73.7 Å². The predicted molar refractivity (Wildman–Crippen MR) is 137 cm³/mol. The molecule has 1 aliphatic heterocycles. The summed E-state index contributed by atoms with van der Waals surface area (Å²) in [6.45, 7) is 6.06. The molecule has 3 aromatic rings. The highest BCUT2D eigenvalue weighted by Crippen LogP contribution is 2.27. The zero-order valence-electron chi connectivity index (χ0n) is 20.6. The Morgan fingerprint density at radius 2 is 1.67 bits per heavy atom. The zero-order chi connectivity index (χ0) is 25.7. The number of carbonyl (C=O) groups excluding carboxylic acids is 2. The molecule has 1 saturated heterocycles. The average molecular weight is 490 g/mol. The van der Waals surface area contributed by atoms with E-state index in [9.17, 15) is 14.0 Å². The number of hydrogen-bond acceptors (Lipinski definition) is 4. The molecule has 7 nitrogen and oxygen atoms in total. The quantitative estimate of drug-likeness (QED) is 0.474. The number of hydrogen-bond donors (Lipinski definition) is 2. The van der Waals surface area contributed by atoms with Gasteiger partial charge in [-0.2, -0.15) is 0 Å². The van der Waals surface area contributed by atoms with Gasteiger partial charge >= 0.3 is 5.91 Å². The lowest BCUT2D eigenvalue weighted by Crippen LogP contribution is -2.42. The van der Waals surface area contributed by atoms with Crippen LogP contribution in [0.3, 0.4) is 0 Å². The molecule has 3 aromatic carbocycles. The lowest BCUT2D eigenvalue weighted by molar-refractivity contribution is -0.596. The minimum absolute atomic E-state index is 0.270. The van der Waals surface area contributed by atoms with Crippen LogP contribution in [-0.4, -0.2) is 49.0 Å². The molecular weight excluding hydrogens is 459 g/mol. The molecule has 0 radical (unpaired) electrons. The largest absolute Gasteiger partial charge is 0.497 e. The van der Waals surface area contributed by atoms with Gasteiger partial charge in [-0.25, -0.2) is 4.39 Å². The van der Waals surface area contributed by atoms with E-state index >= 15 is 0 Å². The number of ether oxygens (including phenoxy) is 1. The number of nitrogens with one attached hydrogen (secondary N) is 2. The maximum absolute atomic E-state index is 13.3. The molecule has 186 valence electrons. The first-order valence-corrected chi connectivity index (χ1v) is 11.9. The summed E-state index contributed by atoms with van der Waals surface area (Å²) in [5, 5.41) is 2.82. The van der Waals surface area contributed by atoms with Crippen molar-refractivity contribution >= 4 is 23.7 Å². The van der Waals surface area contributed by atoms with Gasteiger partial charge < -0.3 is 15.0 Å². The average Bonchev–Trinajstić information content (AvgIpc) is 3.20. The fraction of sp³-hybridized carbons (Fsp3) is 0.250. The molecule has 1 fully saturated rings. The van der Waals surface area contributed by atoms with Gasteiger partial charge in [-0.15, -0.1) is 10.1 Å². The number of anilines is 1. The van der Waals surface area contributed by atoms with E-state index in [0.717, 1.165) is 29.9 Å². The van der Waals surface area contributed by atoms with Gasteiger partial charge in [0.15, 0.2) is 6.04 Å². The molecule has 4 rings (SSSR count). The van der Waals surface area contributed by atoms with Crippen LogP contribution in [0.4, 0.5) is 10.1 Å². The normalized spacial score (nSPS) is 18.1. The second-order valence-corrected chi connectivity index (χ2v) is 8.45. The molecule has 0 unspecified atom stereocenters. The van der Waals surface area contributed by atoms with Crippen molar-refractivity contribution in [1.82, 2.24) is 10.7 Å². The Labute approximate surface area is 210 Å². The van der Waals surface area contributed by atoms with Gasteiger partial charge in [-0.3, -0.25) is 9.59 Å². The van der Waals surface area contributed by atoms with Crippen LogP contribution >= 0.6 is 0 Å². The summed E-state index contributed by atoms with van der Waals surface area (Å²) in [6.07, 6.45) is 1.85. The molecule has 0 aromatic heterocycles. The molecule has 36 heavy (non-hydrogen) atoms. The van der Waals surface area contributed by atoms with Crippen molar-refractivity contribution in [2.24, 2.45) is 0 Å². The van der Waals surface area contributed by atoms with E-state index in [0.29, 0.717) is 5.75 Å². The van der Waals surface area contributed by atoms with Gasteiger partial charge in [0.2, 0.25) is 12.3 Å². The molecule has 2 N–H and O–H groups in total. The number of hydrazine groups is 1. The molecule has 0 saturated carbocycles. The van der Waals surface area contributed by atoms with E-state index in [1.54, 1.807) is 11.8 Å². The van der Waals surface area contributed by atoms with Gasteiger partial charge in [0, 0.05) is 35.5 Å². The van der Waals surface area contributed by atoms with Crippen LogP contribution in [0.5, 0.6) is 5.75 Å². The molecule has 2 amide bonds. The first kappa shape index (κ1) is 24.9. The second-order valence-electron chi connectivity index (χ2n) is 8.45. The first-order valence-electron chi connectivity index (χ1n) is 11.9. The van der Waals surface area contributed by atoms with Crippen LogP contribution in [-0.2, 0) is 4.79 Å². The summed E-state index contributed by atoms with van der Waals surface area (Å²) in [4.78, 5) is 28.2. The fourth-order valence-electron chi connectivity index (χ4n) is 4.33. The van der Waals surface area contributed by atoms with Crippen LogP contribution in [0.15, 0.2) is 72.8 Å². The molecule has 1 heterocycles. The third kappa shape index (κ3) is 5.38. The molecule has 8 heteroatoms. The van der Waals surface area contributed by atoms with Crippen LogP contribution in [0.25, 0.3) is 0 Å². The summed E-state index contributed by atoms with van der Waals surface area (Å²) in [6, 6.07) is 19.3. The molecule has 2 atom stereocenters. The Hall–Kier alpha value is -4.20. The highest BCUT2D eigenvalue weighted by molar-refractivity contribution is 5.98. The number of hydrazone groups is 1.